The average molecular weight is 190 g/mol. The highest BCUT2D eigenvalue weighted by Gasteiger charge is 2.38. The molecule has 13 heavy (non-hydrogen) atoms. The molecule has 0 saturated heterocycles. The van der Waals surface area contributed by atoms with Crippen LogP contribution in [0.5, 0.6) is 0 Å². The van der Waals surface area contributed by atoms with Gasteiger partial charge < -0.3 is 15.3 Å². The van der Waals surface area contributed by atoms with Crippen LogP contribution >= 0.6 is 0 Å². The molecule has 0 bridgehead atoms. The Hall–Kier alpha value is -1.59. The Labute approximate surface area is 73.8 Å². The van der Waals surface area contributed by atoms with Gasteiger partial charge in [0.15, 0.2) is 5.92 Å². The van der Waals surface area contributed by atoms with Crippen molar-refractivity contribution in [3.05, 3.63) is 0 Å². The van der Waals surface area contributed by atoms with Crippen LogP contribution in [0.4, 0.5) is 0 Å². The molecule has 0 aromatic rings. The molecule has 0 spiro atoms. The lowest BCUT2D eigenvalue weighted by Crippen LogP contribution is -2.35. The zero-order valence-corrected chi connectivity index (χ0v) is 6.93. The fraction of sp³-hybridized carbons (Fsp3) is 0.571. The van der Waals surface area contributed by atoms with Crippen LogP contribution in [-0.2, 0) is 14.4 Å². The van der Waals surface area contributed by atoms with E-state index in [4.69, 9.17) is 15.3 Å². The first-order chi connectivity index (χ1) is 5.91. The monoisotopic (exact) mass is 190 g/mol. The molecule has 0 radical (unpaired) electrons. The van der Waals surface area contributed by atoms with Gasteiger partial charge in [-0.1, -0.05) is 6.92 Å². The number of rotatable bonds is 5. The largest absolute Gasteiger partial charge is 0.481 e. The summed E-state index contributed by atoms with van der Waals surface area (Å²) >= 11 is 0. The van der Waals surface area contributed by atoms with E-state index in [9.17, 15) is 14.4 Å². The summed E-state index contributed by atoms with van der Waals surface area (Å²) in [5, 5.41) is 25.4. The summed E-state index contributed by atoms with van der Waals surface area (Å²) in [6.45, 7) is 1.43. The number of hydrogen-bond donors (Lipinski definition) is 3. The van der Waals surface area contributed by atoms with Gasteiger partial charge >= 0.3 is 17.9 Å². The fourth-order valence-corrected chi connectivity index (χ4v) is 1.00. The predicted molar refractivity (Wildman–Crippen MR) is 40.2 cm³/mol. The van der Waals surface area contributed by atoms with Crippen LogP contribution < -0.4 is 0 Å². The van der Waals surface area contributed by atoms with E-state index >= 15 is 0 Å². The molecule has 0 aliphatic carbocycles. The highest BCUT2D eigenvalue weighted by Crippen LogP contribution is 2.16. The molecule has 6 heteroatoms. The van der Waals surface area contributed by atoms with Crippen LogP contribution in [0, 0.1) is 11.8 Å². The summed E-state index contributed by atoms with van der Waals surface area (Å²) in [6.07, 6.45) is -0.0292. The van der Waals surface area contributed by atoms with Gasteiger partial charge in [-0.3, -0.25) is 14.4 Å². The standard InChI is InChI=1S/C7H10O6/c1-2-3(5(8)9)4(6(10)11)7(12)13/h3-4H,2H2,1H3,(H,8,9)(H,10,11)(H,12,13)/t3-/m1/s1. The Kier molecular flexibility index (Phi) is 3.90. The average Bonchev–Trinajstić information content (AvgIpc) is 1.97. The summed E-state index contributed by atoms with van der Waals surface area (Å²) in [4.78, 5) is 31.3. The van der Waals surface area contributed by atoms with E-state index in [1.165, 1.54) is 6.92 Å². The van der Waals surface area contributed by atoms with Gasteiger partial charge in [0, 0.05) is 0 Å². The van der Waals surface area contributed by atoms with Crippen molar-refractivity contribution in [1.29, 1.82) is 0 Å². The van der Waals surface area contributed by atoms with Crippen LogP contribution in [0.3, 0.4) is 0 Å². The molecular weight excluding hydrogens is 180 g/mol. The summed E-state index contributed by atoms with van der Waals surface area (Å²) in [7, 11) is 0. The molecule has 0 rings (SSSR count). The highest BCUT2D eigenvalue weighted by atomic mass is 16.4. The van der Waals surface area contributed by atoms with Crippen molar-refractivity contribution >= 4 is 17.9 Å². The lowest BCUT2D eigenvalue weighted by atomic mass is 9.90. The minimum Gasteiger partial charge on any atom is -0.481 e. The number of carboxylic acid groups (broad SMARTS) is 3. The second kappa shape index (κ2) is 4.44. The molecule has 0 amide bonds. The Morgan fingerprint density at radius 3 is 1.46 bits per heavy atom. The molecular formula is C7H10O6. The van der Waals surface area contributed by atoms with Crippen LogP contribution in [0.15, 0.2) is 0 Å². The third-order valence-corrected chi connectivity index (χ3v) is 1.69. The first-order valence-corrected chi connectivity index (χ1v) is 3.60. The first kappa shape index (κ1) is 11.4. The van der Waals surface area contributed by atoms with Crippen molar-refractivity contribution in [2.75, 3.05) is 0 Å². The maximum atomic E-state index is 10.5. The summed E-state index contributed by atoms with van der Waals surface area (Å²) in [6, 6.07) is 0. The molecule has 1 atom stereocenters. The fourth-order valence-electron chi connectivity index (χ4n) is 1.00. The molecule has 0 fully saturated rings. The van der Waals surface area contributed by atoms with E-state index in [0.29, 0.717) is 0 Å². The maximum Gasteiger partial charge on any atom is 0.318 e. The Bertz CT molecular complexity index is 219. The van der Waals surface area contributed by atoms with E-state index in [2.05, 4.69) is 0 Å². The number of carbonyl (C=O) groups is 3. The summed E-state index contributed by atoms with van der Waals surface area (Å²) in [5.74, 6) is -7.90. The minimum absolute atomic E-state index is 0.0292. The van der Waals surface area contributed by atoms with Crippen molar-refractivity contribution in [1.82, 2.24) is 0 Å². The Morgan fingerprint density at radius 1 is 1.00 bits per heavy atom. The molecule has 0 unspecified atom stereocenters. The van der Waals surface area contributed by atoms with E-state index in [1.807, 2.05) is 0 Å². The lowest BCUT2D eigenvalue weighted by Gasteiger charge is -2.13. The van der Waals surface area contributed by atoms with Gasteiger partial charge in [-0.15, -0.1) is 0 Å². The van der Waals surface area contributed by atoms with Crippen LogP contribution in [0.2, 0.25) is 0 Å². The summed E-state index contributed by atoms with van der Waals surface area (Å²) in [5.41, 5.74) is 0. The van der Waals surface area contributed by atoms with E-state index in [1.54, 1.807) is 0 Å². The smallest absolute Gasteiger partial charge is 0.318 e. The number of aliphatic carboxylic acids is 3. The highest BCUT2D eigenvalue weighted by molar-refractivity contribution is 5.97. The second-order valence-electron chi connectivity index (χ2n) is 2.51. The predicted octanol–water partition coefficient (Wildman–Crippen LogP) is -0.117. The molecule has 74 valence electrons. The van der Waals surface area contributed by atoms with Gasteiger partial charge in [-0.2, -0.15) is 0 Å². The molecule has 0 heterocycles. The van der Waals surface area contributed by atoms with E-state index < -0.39 is 29.7 Å². The quantitative estimate of drug-likeness (QED) is 0.521. The van der Waals surface area contributed by atoms with Crippen molar-refractivity contribution in [3.63, 3.8) is 0 Å². The Balaban J connectivity index is 4.80. The molecule has 0 aromatic carbocycles. The third kappa shape index (κ3) is 2.73. The SMILES string of the molecule is CC[C@@H](C(=O)O)C(C(=O)O)C(=O)O. The van der Waals surface area contributed by atoms with Crippen molar-refractivity contribution in [3.8, 4) is 0 Å². The van der Waals surface area contributed by atoms with E-state index in [-0.39, 0.29) is 6.42 Å². The van der Waals surface area contributed by atoms with Crippen molar-refractivity contribution in [2.45, 2.75) is 13.3 Å². The van der Waals surface area contributed by atoms with Gasteiger partial charge in [-0.05, 0) is 6.42 Å². The molecule has 6 nitrogen and oxygen atoms in total. The number of carboxylic acids is 3. The van der Waals surface area contributed by atoms with Gasteiger partial charge in [-0.25, -0.2) is 0 Å². The zero-order chi connectivity index (χ0) is 10.6. The van der Waals surface area contributed by atoms with Crippen LogP contribution in [0.1, 0.15) is 13.3 Å². The summed E-state index contributed by atoms with van der Waals surface area (Å²) < 4.78 is 0. The molecule has 0 aliphatic rings. The van der Waals surface area contributed by atoms with Crippen molar-refractivity contribution in [2.24, 2.45) is 11.8 Å². The third-order valence-electron chi connectivity index (χ3n) is 1.69. The van der Waals surface area contributed by atoms with Crippen molar-refractivity contribution < 1.29 is 29.7 Å². The molecule has 0 saturated carbocycles. The second-order valence-corrected chi connectivity index (χ2v) is 2.51. The molecule has 0 aliphatic heterocycles. The molecule has 0 aromatic heterocycles. The van der Waals surface area contributed by atoms with Gasteiger partial charge in [0.1, 0.15) is 0 Å². The van der Waals surface area contributed by atoms with Gasteiger partial charge in [0.2, 0.25) is 0 Å². The van der Waals surface area contributed by atoms with Crippen LogP contribution in [-0.4, -0.2) is 33.2 Å². The zero-order valence-electron chi connectivity index (χ0n) is 6.93. The van der Waals surface area contributed by atoms with Crippen LogP contribution in [0.25, 0.3) is 0 Å². The normalized spacial score (nSPS) is 12.5. The van der Waals surface area contributed by atoms with Gasteiger partial charge in [0.05, 0.1) is 5.92 Å². The van der Waals surface area contributed by atoms with E-state index in [0.717, 1.165) is 0 Å². The number of hydrogen-bond acceptors (Lipinski definition) is 3. The van der Waals surface area contributed by atoms with Gasteiger partial charge in [0.25, 0.3) is 0 Å². The Morgan fingerprint density at radius 2 is 1.38 bits per heavy atom. The topological polar surface area (TPSA) is 112 Å². The lowest BCUT2D eigenvalue weighted by molar-refractivity contribution is -0.164. The maximum absolute atomic E-state index is 10.5. The first-order valence-electron chi connectivity index (χ1n) is 3.60. The minimum atomic E-state index is -1.87. The molecule has 3 N–H and O–H groups in total.